The molecule has 3 aromatic rings. The molecule has 0 aliphatic heterocycles. The minimum atomic E-state index is -2.90. The van der Waals surface area contributed by atoms with Crippen LogP contribution in [0.4, 0.5) is 15.9 Å². The van der Waals surface area contributed by atoms with Crippen molar-refractivity contribution in [3.8, 4) is 0 Å². The van der Waals surface area contributed by atoms with Gasteiger partial charge in [0.1, 0.15) is 11.5 Å². The zero-order valence-corrected chi connectivity index (χ0v) is 11.6. The molecular weight excluding hydrogens is 298 g/mol. The fourth-order valence-electron chi connectivity index (χ4n) is 1.78. The van der Waals surface area contributed by atoms with Gasteiger partial charge in [-0.05, 0) is 30.3 Å². The van der Waals surface area contributed by atoms with Gasteiger partial charge in [-0.15, -0.1) is 0 Å². The number of hydrogen-bond donors (Lipinski definition) is 2. The Morgan fingerprint density at radius 3 is 3.20 bits per heavy atom. The van der Waals surface area contributed by atoms with Gasteiger partial charge >= 0.3 is 0 Å². The van der Waals surface area contributed by atoms with Crippen molar-refractivity contribution in [2.75, 3.05) is 11.3 Å². The van der Waals surface area contributed by atoms with Gasteiger partial charge in [0.15, 0.2) is 5.82 Å². The number of nitrogens with zero attached hydrogens (tertiary/aromatic N) is 2. The summed E-state index contributed by atoms with van der Waals surface area (Å²) in [5.41, 5.74) is 2.07. The Morgan fingerprint density at radius 1 is 1.45 bits per heavy atom. The van der Waals surface area contributed by atoms with Crippen LogP contribution in [0.3, 0.4) is 0 Å². The van der Waals surface area contributed by atoms with Crippen molar-refractivity contribution in [1.29, 1.82) is 0 Å². The Hall–Kier alpha value is -1.79. The molecule has 0 amide bonds. The molecule has 2 aromatic heterocycles. The maximum Gasteiger partial charge on any atom is 0.178 e. The predicted molar refractivity (Wildman–Crippen MR) is 80.5 cm³/mol. The minimum absolute atomic E-state index is 0.280. The van der Waals surface area contributed by atoms with Crippen molar-refractivity contribution in [3.63, 3.8) is 0 Å². The number of H-pyrrole nitrogens is 1. The number of nitrogens with one attached hydrogen (secondary N) is 2. The van der Waals surface area contributed by atoms with Gasteiger partial charge in [-0.1, -0.05) is 23.4 Å². The summed E-state index contributed by atoms with van der Waals surface area (Å²) in [5.74, 6) is -2.37. The summed E-state index contributed by atoms with van der Waals surface area (Å²) in [4.78, 5) is 4.53. The van der Waals surface area contributed by atoms with Crippen molar-refractivity contribution in [1.82, 2.24) is 15.2 Å². The van der Waals surface area contributed by atoms with Crippen molar-refractivity contribution >= 4 is 45.9 Å². The number of alkyl halides is 1. The number of thioether (sulfide) groups is 1. The number of aromatic nitrogens is 3. The molecule has 0 unspecified atom stereocenters. The highest BCUT2D eigenvalue weighted by Gasteiger charge is 2.08. The van der Waals surface area contributed by atoms with Crippen LogP contribution in [-0.4, -0.2) is 21.1 Å². The third-order valence-corrected chi connectivity index (χ3v) is 3.74. The third kappa shape index (κ3) is 2.57. The van der Waals surface area contributed by atoms with Crippen molar-refractivity contribution in [2.24, 2.45) is 0 Å². The lowest BCUT2D eigenvalue weighted by Crippen LogP contribution is -1.92. The third-order valence-electron chi connectivity index (χ3n) is 2.66. The molecule has 0 spiro atoms. The summed E-state index contributed by atoms with van der Waals surface area (Å²) in [5, 5.41) is 10.3. The number of hydrogen-bond acceptors (Lipinski definition) is 4. The van der Waals surface area contributed by atoms with Gasteiger partial charge in [0.25, 0.3) is 0 Å². The van der Waals surface area contributed by atoms with Crippen LogP contribution in [0, 0.1) is 0 Å². The number of aromatic amines is 1. The molecule has 4 nitrogen and oxygen atoms in total. The number of anilines is 2. The Morgan fingerprint density at radius 2 is 2.35 bits per heavy atom. The smallest absolute Gasteiger partial charge is 0.178 e. The van der Waals surface area contributed by atoms with Crippen LogP contribution >= 0.6 is 23.4 Å². The van der Waals surface area contributed by atoms with Crippen LogP contribution in [0.5, 0.6) is 0 Å². The standard InChI is InChI=1S/C13H10ClFN4S/c14-9-4-3-8(6-11(9)20-7-15)17-13-12-10(18-19-13)2-1-5-16-12/h1-6H,7H2,(H2,17,18,19)/i7D2,15-1. The van der Waals surface area contributed by atoms with E-state index in [1.54, 1.807) is 30.5 Å². The average Bonchev–Trinajstić information content (AvgIpc) is 2.85. The van der Waals surface area contributed by atoms with Crippen molar-refractivity contribution in [2.45, 2.75) is 4.90 Å². The zero-order chi connectivity index (χ0) is 15.7. The second kappa shape index (κ2) is 5.68. The molecule has 7 heteroatoms. The van der Waals surface area contributed by atoms with E-state index in [-0.39, 0.29) is 5.02 Å². The molecule has 0 radical (unpaired) electrons. The van der Waals surface area contributed by atoms with E-state index < -0.39 is 5.96 Å². The SMILES string of the molecule is [2H]C([2H])([18F])Sc1cc(Nc2n[nH]c3cccnc23)ccc1Cl. The summed E-state index contributed by atoms with van der Waals surface area (Å²) in [6, 6.07) is 8.48. The van der Waals surface area contributed by atoms with Crippen LogP contribution in [0.25, 0.3) is 11.0 Å². The van der Waals surface area contributed by atoms with Gasteiger partial charge in [0.2, 0.25) is 0 Å². The lowest BCUT2D eigenvalue weighted by molar-refractivity contribution is 0.606. The largest absolute Gasteiger partial charge is 0.337 e. The second-order valence-electron chi connectivity index (χ2n) is 3.92. The molecule has 0 bridgehead atoms. The molecule has 3 rings (SSSR count). The Balaban J connectivity index is 1.91. The van der Waals surface area contributed by atoms with Crippen LogP contribution in [0.1, 0.15) is 2.74 Å². The lowest BCUT2D eigenvalue weighted by atomic mass is 10.3. The van der Waals surface area contributed by atoms with Gasteiger partial charge in [-0.25, -0.2) is 4.39 Å². The number of rotatable bonds is 4. The zero-order valence-electron chi connectivity index (χ0n) is 12.0. The van der Waals surface area contributed by atoms with Crippen molar-refractivity contribution < 1.29 is 7.13 Å². The molecule has 102 valence electrons. The minimum Gasteiger partial charge on any atom is -0.337 e. The monoisotopic (exact) mass is 309 g/mol. The van der Waals surface area contributed by atoms with Gasteiger partial charge in [-0.3, -0.25) is 10.1 Å². The summed E-state index contributed by atoms with van der Waals surface area (Å²) < 4.78 is 27.2. The highest BCUT2D eigenvalue weighted by Crippen LogP contribution is 2.31. The summed E-state index contributed by atoms with van der Waals surface area (Å²) >= 11 is 6.37. The molecule has 2 N–H and O–H groups in total. The normalized spacial score (nSPS) is 13.1. The Kier molecular flexibility index (Phi) is 3.11. The van der Waals surface area contributed by atoms with E-state index in [9.17, 15) is 4.39 Å². The lowest BCUT2D eigenvalue weighted by Gasteiger charge is -2.07. The Bertz CT molecular complexity index is 821. The molecule has 2 heterocycles. The van der Waals surface area contributed by atoms with Gasteiger partial charge < -0.3 is 5.32 Å². The quantitative estimate of drug-likeness (QED) is 0.702. The van der Waals surface area contributed by atoms with Crippen LogP contribution in [-0.2, 0) is 0 Å². The van der Waals surface area contributed by atoms with Crippen LogP contribution in [0.15, 0.2) is 41.4 Å². The first kappa shape index (κ1) is 10.9. The van der Waals surface area contributed by atoms with E-state index in [2.05, 4.69) is 20.5 Å². The number of benzene rings is 1. The van der Waals surface area contributed by atoms with E-state index in [1.165, 1.54) is 0 Å². The summed E-state index contributed by atoms with van der Waals surface area (Å²) in [6.45, 7) is 0. The second-order valence-corrected chi connectivity index (χ2v) is 5.13. The fourth-order valence-corrected chi connectivity index (χ4v) is 2.45. The number of pyridine rings is 1. The highest BCUT2D eigenvalue weighted by molar-refractivity contribution is 7.99. The Labute approximate surface area is 126 Å². The van der Waals surface area contributed by atoms with Crippen molar-refractivity contribution in [3.05, 3.63) is 41.6 Å². The molecule has 0 aliphatic rings. The summed E-state index contributed by atoms with van der Waals surface area (Å²) in [6.07, 6.45) is 1.66. The first-order valence-corrected chi connectivity index (χ1v) is 6.85. The van der Waals surface area contributed by atoms with Gasteiger partial charge in [0.05, 0.1) is 13.3 Å². The van der Waals surface area contributed by atoms with Crippen LogP contribution < -0.4 is 5.32 Å². The molecule has 0 aliphatic carbocycles. The molecule has 0 saturated heterocycles. The molecule has 1 aromatic carbocycles. The fraction of sp³-hybridized carbons (Fsp3) is 0.0769. The van der Waals surface area contributed by atoms with E-state index in [1.807, 2.05) is 6.07 Å². The first-order valence-electron chi connectivity index (χ1n) is 6.66. The van der Waals surface area contributed by atoms with E-state index in [0.717, 1.165) is 5.52 Å². The first-order chi connectivity index (χ1) is 10.4. The van der Waals surface area contributed by atoms with Gasteiger partial charge in [0, 0.05) is 16.8 Å². The molecule has 0 atom stereocenters. The number of fused-ring (bicyclic) bond motifs is 1. The maximum atomic E-state index is 13.2. The van der Waals surface area contributed by atoms with Crippen LogP contribution in [0.2, 0.25) is 5.02 Å². The average molecular weight is 310 g/mol. The van der Waals surface area contributed by atoms with Gasteiger partial charge in [-0.2, -0.15) is 5.10 Å². The number of halogens is 2. The van der Waals surface area contributed by atoms with E-state index in [4.69, 9.17) is 14.3 Å². The highest BCUT2D eigenvalue weighted by atomic mass is 35.5. The predicted octanol–water partition coefficient (Wildman–Crippen LogP) is 4.37. The van der Waals surface area contributed by atoms with E-state index >= 15 is 0 Å². The molecule has 0 saturated carbocycles. The molecular formula is C13H10ClFN4S. The maximum absolute atomic E-state index is 13.2. The van der Waals surface area contributed by atoms with E-state index in [0.29, 0.717) is 33.7 Å². The molecule has 20 heavy (non-hydrogen) atoms. The summed E-state index contributed by atoms with van der Waals surface area (Å²) in [7, 11) is 0. The topological polar surface area (TPSA) is 53.6 Å². The molecule has 0 fully saturated rings.